The lowest BCUT2D eigenvalue weighted by atomic mass is 10.0. The average Bonchev–Trinajstić information content (AvgIpc) is 2.12. The molecule has 0 bridgehead atoms. The first-order chi connectivity index (χ1) is 6.20. The third-order valence-corrected chi connectivity index (χ3v) is 4.69. The fourth-order valence-corrected chi connectivity index (χ4v) is 3.53. The van der Waals surface area contributed by atoms with E-state index < -0.39 is 6.10 Å². The molecule has 70 valence electrons. The van der Waals surface area contributed by atoms with Crippen molar-refractivity contribution in [3.05, 3.63) is 27.3 Å². The van der Waals surface area contributed by atoms with Crippen LogP contribution in [0.2, 0.25) is 0 Å². The second kappa shape index (κ2) is 3.76. The van der Waals surface area contributed by atoms with E-state index in [1.165, 1.54) is 8.47 Å². The van der Waals surface area contributed by atoms with Crippen molar-refractivity contribution in [1.29, 1.82) is 0 Å². The van der Waals surface area contributed by atoms with Gasteiger partial charge in [-0.1, -0.05) is 12.1 Å². The smallest absolute Gasteiger partial charge is 0.0826 e. The van der Waals surface area contributed by atoms with Gasteiger partial charge in [0, 0.05) is 14.2 Å². The predicted molar refractivity (Wildman–Crippen MR) is 62.8 cm³/mol. The molecule has 1 heterocycles. The number of halogens is 1. The third kappa shape index (κ3) is 1.72. The predicted octanol–water partition coefficient (Wildman–Crippen LogP) is 1.76. The monoisotopic (exact) mass is 307 g/mol. The van der Waals surface area contributed by atoms with Crippen LogP contribution in [0.25, 0.3) is 0 Å². The largest absolute Gasteiger partial charge is 0.390 e. The van der Waals surface area contributed by atoms with Crippen molar-refractivity contribution in [3.8, 4) is 0 Å². The van der Waals surface area contributed by atoms with E-state index >= 15 is 0 Å². The van der Waals surface area contributed by atoms with Gasteiger partial charge < -0.3 is 10.8 Å². The minimum absolute atomic E-state index is 0.217. The summed E-state index contributed by atoms with van der Waals surface area (Å²) in [6.45, 7) is 0. The van der Waals surface area contributed by atoms with Crippen LogP contribution in [0, 0.1) is 3.57 Å². The van der Waals surface area contributed by atoms with E-state index in [0.717, 1.165) is 5.56 Å². The summed E-state index contributed by atoms with van der Waals surface area (Å²) in [4.78, 5) is 1.24. The zero-order valence-electron chi connectivity index (χ0n) is 6.90. The maximum atomic E-state index is 9.57. The van der Waals surface area contributed by atoms with Crippen molar-refractivity contribution in [1.82, 2.24) is 0 Å². The first-order valence-corrected chi connectivity index (χ1v) is 6.11. The van der Waals surface area contributed by atoms with E-state index in [1.807, 2.05) is 12.1 Å². The number of nitrogens with two attached hydrogens (primary N) is 1. The summed E-state index contributed by atoms with van der Waals surface area (Å²) in [6, 6.07) is 5.83. The number of rotatable bonds is 0. The molecule has 2 unspecified atom stereocenters. The maximum Gasteiger partial charge on any atom is 0.0826 e. The van der Waals surface area contributed by atoms with Crippen LogP contribution in [-0.2, 0) is 0 Å². The van der Waals surface area contributed by atoms with Gasteiger partial charge >= 0.3 is 0 Å². The summed E-state index contributed by atoms with van der Waals surface area (Å²) in [6.07, 6.45) is -0.407. The van der Waals surface area contributed by atoms with Crippen molar-refractivity contribution in [2.24, 2.45) is 5.73 Å². The van der Waals surface area contributed by atoms with Crippen molar-refractivity contribution >= 4 is 34.4 Å². The van der Waals surface area contributed by atoms with E-state index in [9.17, 15) is 5.11 Å². The highest BCUT2D eigenvalue weighted by molar-refractivity contribution is 14.1. The van der Waals surface area contributed by atoms with Gasteiger partial charge in [0.05, 0.1) is 12.1 Å². The molecule has 0 spiro atoms. The van der Waals surface area contributed by atoms with Crippen LogP contribution in [0.4, 0.5) is 0 Å². The summed E-state index contributed by atoms with van der Waals surface area (Å²) in [5, 5.41) is 9.57. The summed E-state index contributed by atoms with van der Waals surface area (Å²) in [5.41, 5.74) is 6.97. The van der Waals surface area contributed by atoms with E-state index in [1.54, 1.807) is 11.8 Å². The second-order valence-electron chi connectivity index (χ2n) is 3.06. The highest BCUT2D eigenvalue weighted by Crippen LogP contribution is 2.37. The number of benzene rings is 1. The number of aliphatic hydroxyl groups excluding tert-OH is 1. The fraction of sp³-hybridized carbons (Fsp3) is 0.333. The molecule has 0 saturated heterocycles. The highest BCUT2D eigenvalue weighted by Gasteiger charge is 2.26. The molecule has 1 aliphatic rings. The molecule has 2 rings (SSSR count). The van der Waals surface area contributed by atoms with E-state index in [0.29, 0.717) is 5.75 Å². The van der Waals surface area contributed by atoms with Crippen molar-refractivity contribution in [3.63, 3.8) is 0 Å². The van der Waals surface area contributed by atoms with Crippen molar-refractivity contribution in [2.45, 2.75) is 17.0 Å². The van der Waals surface area contributed by atoms with Gasteiger partial charge in [-0.2, -0.15) is 0 Å². The van der Waals surface area contributed by atoms with Gasteiger partial charge in [0.2, 0.25) is 0 Å². The maximum absolute atomic E-state index is 9.57. The number of aliphatic hydroxyl groups is 1. The molecule has 1 aromatic carbocycles. The molecular formula is C9H10INOS. The van der Waals surface area contributed by atoms with E-state index in [4.69, 9.17) is 5.73 Å². The Bertz CT molecular complexity index is 331. The summed E-state index contributed by atoms with van der Waals surface area (Å²) in [7, 11) is 0. The topological polar surface area (TPSA) is 46.2 Å². The molecule has 0 amide bonds. The van der Waals surface area contributed by atoms with E-state index in [2.05, 4.69) is 28.7 Å². The van der Waals surface area contributed by atoms with Crippen LogP contribution in [0.5, 0.6) is 0 Å². The molecule has 0 aromatic heterocycles. The van der Waals surface area contributed by atoms with Crippen LogP contribution in [-0.4, -0.2) is 17.0 Å². The lowest BCUT2D eigenvalue weighted by molar-refractivity contribution is 0.165. The highest BCUT2D eigenvalue weighted by atomic mass is 127. The summed E-state index contributed by atoms with van der Waals surface area (Å²) < 4.78 is 1.22. The third-order valence-electron chi connectivity index (χ3n) is 2.17. The summed E-state index contributed by atoms with van der Waals surface area (Å²) in [5.74, 6) is 0.703. The molecule has 0 radical (unpaired) electrons. The molecule has 2 atom stereocenters. The lowest BCUT2D eigenvalue weighted by Gasteiger charge is -2.27. The van der Waals surface area contributed by atoms with Gasteiger partial charge in [-0.25, -0.2) is 0 Å². The quantitative estimate of drug-likeness (QED) is 0.718. The average molecular weight is 307 g/mol. The first-order valence-electron chi connectivity index (χ1n) is 4.05. The Balaban J connectivity index is 2.49. The van der Waals surface area contributed by atoms with Gasteiger partial charge in [-0.3, -0.25) is 0 Å². The van der Waals surface area contributed by atoms with Crippen LogP contribution >= 0.6 is 34.4 Å². The molecule has 0 saturated carbocycles. The van der Waals surface area contributed by atoms with Gasteiger partial charge in [0.15, 0.2) is 0 Å². The van der Waals surface area contributed by atoms with E-state index in [-0.39, 0.29) is 6.04 Å². The Hall–Kier alpha value is 0.220. The Morgan fingerprint density at radius 2 is 2.31 bits per heavy atom. The van der Waals surface area contributed by atoms with Gasteiger partial charge in [-0.15, -0.1) is 11.8 Å². The van der Waals surface area contributed by atoms with Crippen LogP contribution < -0.4 is 5.73 Å². The molecule has 13 heavy (non-hydrogen) atoms. The van der Waals surface area contributed by atoms with Crippen LogP contribution in [0.15, 0.2) is 23.1 Å². The molecular weight excluding hydrogens is 297 g/mol. The van der Waals surface area contributed by atoms with Gasteiger partial charge in [0.1, 0.15) is 0 Å². The minimum atomic E-state index is -0.407. The molecule has 1 aliphatic heterocycles. The Morgan fingerprint density at radius 1 is 1.54 bits per heavy atom. The number of hydrogen-bond donors (Lipinski definition) is 2. The Morgan fingerprint density at radius 3 is 3.08 bits per heavy atom. The SMILES string of the molecule is NC1c2cccc(I)c2SCC1O. The lowest BCUT2D eigenvalue weighted by Crippen LogP contribution is -2.31. The number of hydrogen-bond acceptors (Lipinski definition) is 3. The number of thioether (sulfide) groups is 1. The van der Waals surface area contributed by atoms with Crippen LogP contribution in [0.3, 0.4) is 0 Å². The number of fused-ring (bicyclic) bond motifs is 1. The summed E-state index contributed by atoms with van der Waals surface area (Å²) >= 11 is 3.99. The Labute approximate surface area is 95.0 Å². The zero-order chi connectivity index (χ0) is 9.42. The molecule has 3 N–H and O–H groups in total. The fourth-order valence-electron chi connectivity index (χ4n) is 1.42. The minimum Gasteiger partial charge on any atom is -0.390 e. The van der Waals surface area contributed by atoms with Gasteiger partial charge in [0.25, 0.3) is 0 Å². The van der Waals surface area contributed by atoms with Gasteiger partial charge in [-0.05, 0) is 34.2 Å². The molecule has 0 aliphatic carbocycles. The molecule has 4 heteroatoms. The normalized spacial score (nSPS) is 27.0. The molecule has 2 nitrogen and oxygen atoms in total. The first kappa shape index (κ1) is 9.76. The van der Waals surface area contributed by atoms with Crippen LogP contribution in [0.1, 0.15) is 11.6 Å². The second-order valence-corrected chi connectivity index (χ2v) is 5.25. The van der Waals surface area contributed by atoms with Crippen molar-refractivity contribution < 1.29 is 5.11 Å². The standard InChI is InChI=1S/C9H10INOS/c10-6-3-1-2-5-8(11)7(12)4-13-9(5)6/h1-3,7-8,12H,4,11H2. The van der Waals surface area contributed by atoms with Crippen molar-refractivity contribution in [2.75, 3.05) is 5.75 Å². The zero-order valence-corrected chi connectivity index (χ0v) is 9.88. The Kier molecular flexibility index (Phi) is 2.83. The molecule has 0 fully saturated rings. The molecule has 1 aromatic rings.